The molecule has 2 aromatic heterocycles. The molecule has 2 heterocycles. The Kier molecular flexibility index (Phi) is 4.20. The van der Waals surface area contributed by atoms with Gasteiger partial charge in [0.25, 0.3) is 0 Å². The van der Waals surface area contributed by atoms with Crippen molar-refractivity contribution in [2.75, 3.05) is 5.32 Å². The van der Waals surface area contributed by atoms with Crippen molar-refractivity contribution in [1.29, 1.82) is 0 Å². The van der Waals surface area contributed by atoms with Crippen LogP contribution >= 0.6 is 34.5 Å². The van der Waals surface area contributed by atoms with Crippen LogP contribution in [0.3, 0.4) is 0 Å². The molecule has 3 nitrogen and oxygen atoms in total. The number of hydrogen-bond acceptors (Lipinski definition) is 4. The highest BCUT2D eigenvalue weighted by atomic mass is 35.5. The summed E-state index contributed by atoms with van der Waals surface area (Å²) in [6.45, 7) is 2.84. The zero-order valence-corrected chi connectivity index (χ0v) is 11.5. The number of rotatable bonds is 4. The summed E-state index contributed by atoms with van der Waals surface area (Å²) in [5.41, 5.74) is 0. The van der Waals surface area contributed by atoms with E-state index in [1.54, 1.807) is 11.3 Å². The van der Waals surface area contributed by atoms with Gasteiger partial charge in [0.05, 0.1) is 12.7 Å². The van der Waals surface area contributed by atoms with Crippen molar-refractivity contribution in [2.45, 2.75) is 19.9 Å². The summed E-state index contributed by atoms with van der Waals surface area (Å²) in [6.07, 6.45) is 2.55. The number of aryl methyl sites for hydroxylation is 1. The molecule has 0 bridgehead atoms. The Bertz CT molecular complexity index is 513. The van der Waals surface area contributed by atoms with Gasteiger partial charge in [-0.2, -0.15) is 4.98 Å². The van der Waals surface area contributed by atoms with E-state index in [1.807, 2.05) is 0 Å². The minimum absolute atomic E-state index is 0.192. The van der Waals surface area contributed by atoms with Crippen LogP contribution in [0.1, 0.15) is 16.7 Å². The van der Waals surface area contributed by atoms with Crippen LogP contribution in [0, 0.1) is 0 Å². The first-order chi connectivity index (χ1) is 8.19. The van der Waals surface area contributed by atoms with Crippen LogP contribution in [0.2, 0.25) is 10.3 Å². The molecule has 0 radical (unpaired) electrons. The highest BCUT2D eigenvalue weighted by Gasteiger charge is 2.05. The maximum Gasteiger partial charge on any atom is 0.224 e. The van der Waals surface area contributed by atoms with Gasteiger partial charge in [0.15, 0.2) is 0 Å². The van der Waals surface area contributed by atoms with Crippen molar-refractivity contribution < 1.29 is 0 Å². The van der Waals surface area contributed by atoms with Gasteiger partial charge in [0.2, 0.25) is 5.28 Å². The first-order valence-electron chi connectivity index (χ1n) is 5.18. The Balaban J connectivity index is 2.04. The van der Waals surface area contributed by atoms with Crippen LogP contribution in [0.5, 0.6) is 0 Å². The zero-order chi connectivity index (χ0) is 12.3. The molecule has 0 atom stereocenters. The normalized spacial score (nSPS) is 10.5. The van der Waals surface area contributed by atoms with Crippen LogP contribution in [-0.4, -0.2) is 9.97 Å². The number of nitrogens with one attached hydrogen (secondary N) is 1. The first-order valence-corrected chi connectivity index (χ1v) is 6.75. The van der Waals surface area contributed by atoms with Gasteiger partial charge in [0.1, 0.15) is 10.8 Å². The SMILES string of the molecule is CCc1ccc(CNc2nc(Cl)ncc2Cl)s1. The molecule has 0 fully saturated rings. The van der Waals surface area contributed by atoms with Gasteiger partial charge in [0, 0.05) is 9.75 Å². The molecule has 0 saturated carbocycles. The minimum atomic E-state index is 0.192. The Morgan fingerprint density at radius 2 is 2.06 bits per heavy atom. The number of nitrogens with zero attached hydrogens (tertiary/aromatic N) is 2. The largest absolute Gasteiger partial charge is 0.364 e. The van der Waals surface area contributed by atoms with Gasteiger partial charge >= 0.3 is 0 Å². The fourth-order valence-corrected chi connectivity index (χ4v) is 2.54. The average Bonchev–Trinajstić information content (AvgIpc) is 2.78. The summed E-state index contributed by atoms with van der Waals surface area (Å²) in [7, 11) is 0. The molecule has 2 rings (SSSR count). The first kappa shape index (κ1) is 12.6. The van der Waals surface area contributed by atoms with E-state index in [1.165, 1.54) is 16.0 Å². The predicted octanol–water partition coefficient (Wildman–Crippen LogP) is 4.02. The minimum Gasteiger partial charge on any atom is -0.364 e. The Morgan fingerprint density at radius 1 is 1.29 bits per heavy atom. The Labute approximate surface area is 114 Å². The van der Waals surface area contributed by atoms with E-state index in [9.17, 15) is 0 Å². The monoisotopic (exact) mass is 287 g/mol. The molecule has 90 valence electrons. The highest BCUT2D eigenvalue weighted by Crippen LogP contribution is 2.22. The van der Waals surface area contributed by atoms with Gasteiger partial charge < -0.3 is 5.32 Å². The van der Waals surface area contributed by atoms with E-state index in [2.05, 4.69) is 34.3 Å². The second-order valence-corrected chi connectivity index (χ2v) is 5.41. The average molecular weight is 288 g/mol. The van der Waals surface area contributed by atoms with Crippen molar-refractivity contribution in [2.24, 2.45) is 0 Å². The number of aromatic nitrogens is 2. The van der Waals surface area contributed by atoms with Gasteiger partial charge in [-0.1, -0.05) is 18.5 Å². The van der Waals surface area contributed by atoms with Crippen molar-refractivity contribution in [3.8, 4) is 0 Å². The van der Waals surface area contributed by atoms with E-state index < -0.39 is 0 Å². The van der Waals surface area contributed by atoms with Crippen molar-refractivity contribution in [1.82, 2.24) is 9.97 Å². The molecule has 0 saturated heterocycles. The van der Waals surface area contributed by atoms with E-state index >= 15 is 0 Å². The summed E-state index contributed by atoms with van der Waals surface area (Å²) in [5, 5.41) is 3.82. The third kappa shape index (κ3) is 3.31. The fourth-order valence-electron chi connectivity index (χ4n) is 1.35. The molecule has 0 amide bonds. The van der Waals surface area contributed by atoms with Crippen molar-refractivity contribution in [3.63, 3.8) is 0 Å². The van der Waals surface area contributed by atoms with Crippen LogP contribution in [0.4, 0.5) is 5.82 Å². The van der Waals surface area contributed by atoms with E-state index in [-0.39, 0.29) is 5.28 Å². The molecule has 0 aromatic carbocycles. The fraction of sp³-hybridized carbons (Fsp3) is 0.273. The van der Waals surface area contributed by atoms with Crippen molar-refractivity contribution in [3.05, 3.63) is 38.4 Å². The summed E-state index contributed by atoms with van der Waals surface area (Å²) < 4.78 is 0. The molecule has 2 aromatic rings. The van der Waals surface area contributed by atoms with Crippen LogP contribution in [0.15, 0.2) is 18.3 Å². The number of halogens is 2. The van der Waals surface area contributed by atoms with Crippen LogP contribution < -0.4 is 5.32 Å². The maximum absolute atomic E-state index is 5.95. The van der Waals surface area contributed by atoms with E-state index in [0.29, 0.717) is 17.4 Å². The summed E-state index contributed by atoms with van der Waals surface area (Å²) >= 11 is 13.4. The van der Waals surface area contributed by atoms with Gasteiger partial charge in [-0.15, -0.1) is 11.3 Å². The topological polar surface area (TPSA) is 37.8 Å². The summed E-state index contributed by atoms with van der Waals surface area (Å²) in [4.78, 5) is 10.4. The molecule has 0 aliphatic carbocycles. The molecule has 17 heavy (non-hydrogen) atoms. The Hall–Kier alpha value is -0.840. The highest BCUT2D eigenvalue weighted by molar-refractivity contribution is 7.12. The molecule has 1 N–H and O–H groups in total. The second kappa shape index (κ2) is 5.67. The van der Waals surface area contributed by atoms with E-state index in [4.69, 9.17) is 23.2 Å². The summed E-state index contributed by atoms with van der Waals surface area (Å²) in [6, 6.07) is 4.24. The summed E-state index contributed by atoms with van der Waals surface area (Å²) in [5.74, 6) is 0.568. The second-order valence-electron chi connectivity index (χ2n) is 3.41. The molecule has 0 aliphatic heterocycles. The molecular formula is C11H11Cl2N3S. The smallest absolute Gasteiger partial charge is 0.224 e. The number of thiophene rings is 1. The third-order valence-corrected chi connectivity index (χ3v) is 3.90. The zero-order valence-electron chi connectivity index (χ0n) is 9.20. The van der Waals surface area contributed by atoms with Gasteiger partial charge in [-0.3, -0.25) is 0 Å². The van der Waals surface area contributed by atoms with Crippen LogP contribution in [0.25, 0.3) is 0 Å². The predicted molar refractivity (Wildman–Crippen MR) is 73.1 cm³/mol. The standard InChI is InChI=1S/C11H11Cl2N3S/c1-2-7-3-4-8(17-7)5-14-10-9(12)6-15-11(13)16-10/h3-4,6H,2,5H2,1H3,(H,14,15,16). The van der Waals surface area contributed by atoms with Gasteiger partial charge in [-0.05, 0) is 30.2 Å². The van der Waals surface area contributed by atoms with Crippen molar-refractivity contribution >= 4 is 40.4 Å². The van der Waals surface area contributed by atoms with Crippen LogP contribution in [-0.2, 0) is 13.0 Å². The maximum atomic E-state index is 5.95. The lowest BCUT2D eigenvalue weighted by Gasteiger charge is -2.05. The number of anilines is 1. The third-order valence-electron chi connectivity index (χ3n) is 2.21. The lowest BCUT2D eigenvalue weighted by atomic mass is 10.3. The quantitative estimate of drug-likeness (QED) is 0.863. The van der Waals surface area contributed by atoms with E-state index in [0.717, 1.165) is 6.42 Å². The molecule has 6 heteroatoms. The lowest BCUT2D eigenvalue weighted by Crippen LogP contribution is -2.01. The number of hydrogen-bond donors (Lipinski definition) is 1. The lowest BCUT2D eigenvalue weighted by molar-refractivity contribution is 1.10. The molecular weight excluding hydrogens is 277 g/mol. The Morgan fingerprint density at radius 3 is 2.76 bits per heavy atom. The molecule has 0 spiro atoms. The van der Waals surface area contributed by atoms with Gasteiger partial charge in [-0.25, -0.2) is 4.98 Å². The molecule has 0 aliphatic rings. The molecule has 0 unspecified atom stereocenters.